The van der Waals surface area contributed by atoms with E-state index in [9.17, 15) is 4.79 Å². The van der Waals surface area contributed by atoms with Gasteiger partial charge in [0.05, 0.1) is 12.7 Å². The fourth-order valence-corrected chi connectivity index (χ4v) is 1.72. The summed E-state index contributed by atoms with van der Waals surface area (Å²) in [5.74, 6) is 0.246. The lowest BCUT2D eigenvalue weighted by Crippen LogP contribution is -2.35. The van der Waals surface area contributed by atoms with Gasteiger partial charge in [-0.15, -0.1) is 0 Å². The lowest BCUT2D eigenvalue weighted by Gasteiger charge is -2.23. The molecule has 1 rings (SSSR count). The maximum atomic E-state index is 11.4. The molecule has 0 aromatic carbocycles. The van der Waals surface area contributed by atoms with Crippen molar-refractivity contribution in [2.45, 2.75) is 39.2 Å². The Labute approximate surface area is 98.1 Å². The van der Waals surface area contributed by atoms with Gasteiger partial charge in [-0.1, -0.05) is 13.8 Å². The Kier molecular flexibility index (Phi) is 6.42. The van der Waals surface area contributed by atoms with Crippen LogP contribution in [0.5, 0.6) is 0 Å². The second-order valence-corrected chi connectivity index (χ2v) is 4.42. The highest BCUT2D eigenvalue weighted by Crippen LogP contribution is 2.06. The van der Waals surface area contributed by atoms with Gasteiger partial charge in [-0.25, -0.2) is 0 Å². The first-order valence-corrected chi connectivity index (χ1v) is 6.34. The molecule has 4 nitrogen and oxygen atoms in total. The standard InChI is InChI=1S/C12H24N2O2/c1-3-10(2)12(15)14-8-9-16-11-4-6-13-7-5-11/h10-11,13H,3-9H2,1-2H3,(H,14,15). The molecule has 1 heterocycles. The minimum atomic E-state index is 0.110. The van der Waals surface area contributed by atoms with Crippen LogP contribution in [0.25, 0.3) is 0 Å². The quantitative estimate of drug-likeness (QED) is 0.665. The van der Waals surface area contributed by atoms with E-state index in [1.807, 2.05) is 13.8 Å². The summed E-state index contributed by atoms with van der Waals surface area (Å²) in [7, 11) is 0. The molecule has 0 aliphatic carbocycles. The van der Waals surface area contributed by atoms with Gasteiger partial charge in [0.25, 0.3) is 0 Å². The van der Waals surface area contributed by atoms with Crippen LogP contribution in [0.4, 0.5) is 0 Å². The minimum Gasteiger partial charge on any atom is -0.376 e. The van der Waals surface area contributed by atoms with Crippen LogP contribution in [-0.2, 0) is 9.53 Å². The maximum Gasteiger partial charge on any atom is 0.222 e. The summed E-state index contributed by atoms with van der Waals surface area (Å²) in [4.78, 5) is 11.4. The lowest BCUT2D eigenvalue weighted by molar-refractivity contribution is -0.124. The van der Waals surface area contributed by atoms with Crippen LogP contribution in [0.2, 0.25) is 0 Å². The Morgan fingerprint density at radius 3 is 2.81 bits per heavy atom. The molecule has 94 valence electrons. The number of carbonyl (C=O) groups is 1. The minimum absolute atomic E-state index is 0.110. The zero-order valence-corrected chi connectivity index (χ0v) is 10.4. The van der Waals surface area contributed by atoms with Gasteiger partial charge in [0.2, 0.25) is 5.91 Å². The number of hydrogen-bond acceptors (Lipinski definition) is 3. The third kappa shape index (κ3) is 4.94. The van der Waals surface area contributed by atoms with Crippen LogP contribution in [0.1, 0.15) is 33.1 Å². The van der Waals surface area contributed by atoms with Crippen LogP contribution in [-0.4, -0.2) is 38.3 Å². The van der Waals surface area contributed by atoms with Gasteiger partial charge in [0.15, 0.2) is 0 Å². The molecule has 1 unspecified atom stereocenters. The van der Waals surface area contributed by atoms with Crippen molar-refractivity contribution in [3.63, 3.8) is 0 Å². The van der Waals surface area contributed by atoms with Crippen LogP contribution < -0.4 is 10.6 Å². The molecule has 0 saturated carbocycles. The SMILES string of the molecule is CCC(C)C(=O)NCCOC1CCNCC1. The Hall–Kier alpha value is -0.610. The van der Waals surface area contributed by atoms with Crippen molar-refractivity contribution in [3.05, 3.63) is 0 Å². The summed E-state index contributed by atoms with van der Waals surface area (Å²) < 4.78 is 5.69. The zero-order chi connectivity index (χ0) is 11.8. The number of piperidine rings is 1. The topological polar surface area (TPSA) is 50.4 Å². The van der Waals surface area contributed by atoms with Gasteiger partial charge in [0, 0.05) is 12.5 Å². The fraction of sp³-hybridized carbons (Fsp3) is 0.917. The van der Waals surface area contributed by atoms with E-state index in [1.54, 1.807) is 0 Å². The summed E-state index contributed by atoms with van der Waals surface area (Å²) in [5.41, 5.74) is 0. The highest BCUT2D eigenvalue weighted by atomic mass is 16.5. The number of nitrogens with one attached hydrogen (secondary N) is 2. The Balaban J connectivity index is 2.00. The average Bonchev–Trinajstić information content (AvgIpc) is 2.34. The molecule has 0 bridgehead atoms. The van der Waals surface area contributed by atoms with E-state index < -0.39 is 0 Å². The van der Waals surface area contributed by atoms with Crippen LogP contribution in [0, 0.1) is 5.92 Å². The van der Waals surface area contributed by atoms with Gasteiger partial charge in [-0.2, -0.15) is 0 Å². The maximum absolute atomic E-state index is 11.4. The van der Waals surface area contributed by atoms with E-state index in [-0.39, 0.29) is 11.8 Å². The van der Waals surface area contributed by atoms with E-state index in [0.717, 1.165) is 32.4 Å². The molecule has 1 aliphatic heterocycles. The molecule has 0 aromatic rings. The monoisotopic (exact) mass is 228 g/mol. The van der Waals surface area contributed by atoms with Gasteiger partial charge >= 0.3 is 0 Å². The average molecular weight is 228 g/mol. The molecule has 4 heteroatoms. The molecular weight excluding hydrogens is 204 g/mol. The first-order valence-electron chi connectivity index (χ1n) is 6.34. The number of rotatable bonds is 6. The van der Waals surface area contributed by atoms with E-state index in [0.29, 0.717) is 19.3 Å². The Morgan fingerprint density at radius 1 is 1.50 bits per heavy atom. The van der Waals surface area contributed by atoms with Crippen molar-refractivity contribution in [3.8, 4) is 0 Å². The van der Waals surface area contributed by atoms with Gasteiger partial charge in [0.1, 0.15) is 0 Å². The second-order valence-electron chi connectivity index (χ2n) is 4.42. The molecule has 1 atom stereocenters. The molecule has 1 aliphatic rings. The third-order valence-corrected chi connectivity index (χ3v) is 3.10. The van der Waals surface area contributed by atoms with E-state index in [4.69, 9.17) is 4.74 Å². The second kappa shape index (κ2) is 7.63. The van der Waals surface area contributed by atoms with Gasteiger partial charge in [-0.05, 0) is 32.4 Å². The van der Waals surface area contributed by atoms with E-state index in [1.165, 1.54) is 0 Å². The summed E-state index contributed by atoms with van der Waals surface area (Å²) in [6.45, 7) is 7.33. The van der Waals surface area contributed by atoms with E-state index in [2.05, 4.69) is 10.6 Å². The van der Waals surface area contributed by atoms with Crippen LogP contribution in [0.15, 0.2) is 0 Å². The molecule has 1 saturated heterocycles. The zero-order valence-electron chi connectivity index (χ0n) is 10.4. The fourth-order valence-electron chi connectivity index (χ4n) is 1.72. The molecule has 2 N–H and O–H groups in total. The molecule has 1 amide bonds. The third-order valence-electron chi connectivity index (χ3n) is 3.10. The lowest BCUT2D eigenvalue weighted by atomic mass is 10.1. The summed E-state index contributed by atoms with van der Waals surface area (Å²) >= 11 is 0. The Morgan fingerprint density at radius 2 is 2.19 bits per heavy atom. The predicted octanol–water partition coefficient (Wildman–Crippen LogP) is 0.917. The van der Waals surface area contributed by atoms with Crippen molar-refractivity contribution in [2.75, 3.05) is 26.2 Å². The van der Waals surface area contributed by atoms with Crippen molar-refractivity contribution < 1.29 is 9.53 Å². The van der Waals surface area contributed by atoms with Gasteiger partial charge in [-0.3, -0.25) is 4.79 Å². The summed E-state index contributed by atoms with van der Waals surface area (Å²) in [6, 6.07) is 0. The predicted molar refractivity (Wildman–Crippen MR) is 64.3 cm³/mol. The van der Waals surface area contributed by atoms with Crippen LogP contribution >= 0.6 is 0 Å². The molecule has 16 heavy (non-hydrogen) atoms. The van der Waals surface area contributed by atoms with Crippen molar-refractivity contribution in [2.24, 2.45) is 5.92 Å². The van der Waals surface area contributed by atoms with Crippen molar-refractivity contribution in [1.82, 2.24) is 10.6 Å². The highest BCUT2D eigenvalue weighted by Gasteiger charge is 2.13. The van der Waals surface area contributed by atoms with Gasteiger partial charge < -0.3 is 15.4 Å². The number of amides is 1. The Bertz CT molecular complexity index is 203. The van der Waals surface area contributed by atoms with Crippen molar-refractivity contribution in [1.29, 1.82) is 0 Å². The summed E-state index contributed by atoms with van der Waals surface area (Å²) in [6.07, 6.45) is 3.43. The van der Waals surface area contributed by atoms with E-state index >= 15 is 0 Å². The summed E-state index contributed by atoms with van der Waals surface area (Å²) in [5, 5.41) is 6.19. The molecule has 0 spiro atoms. The number of ether oxygens (including phenoxy) is 1. The smallest absolute Gasteiger partial charge is 0.222 e. The van der Waals surface area contributed by atoms with Crippen molar-refractivity contribution >= 4 is 5.91 Å². The molecular formula is C12H24N2O2. The largest absolute Gasteiger partial charge is 0.376 e. The number of carbonyl (C=O) groups excluding carboxylic acids is 1. The molecule has 0 radical (unpaired) electrons. The first-order chi connectivity index (χ1) is 7.74. The molecule has 1 fully saturated rings. The normalized spacial score (nSPS) is 19.4. The first kappa shape index (κ1) is 13.5. The number of hydrogen-bond donors (Lipinski definition) is 2. The van der Waals surface area contributed by atoms with Crippen LogP contribution in [0.3, 0.4) is 0 Å². The highest BCUT2D eigenvalue weighted by molar-refractivity contribution is 5.78. The molecule has 0 aromatic heterocycles.